The van der Waals surface area contributed by atoms with E-state index in [2.05, 4.69) is 0 Å². The topological polar surface area (TPSA) is 84.9 Å². The summed E-state index contributed by atoms with van der Waals surface area (Å²) in [5.74, 6) is -2.55. The Hall–Kier alpha value is -3.04. The maximum Gasteiger partial charge on any atom is 0.425 e. The summed E-state index contributed by atoms with van der Waals surface area (Å²) < 4.78 is 54.6. The molecule has 7 nitrogen and oxygen atoms in total. The Labute approximate surface area is 201 Å². The Morgan fingerprint density at radius 3 is 2.34 bits per heavy atom. The number of rotatable bonds is 7. The third kappa shape index (κ3) is 4.27. The standard InChI is InChI=1S/C25H29F3N2O5/c1-23(2)12-16-20(17(31)13-23)24(25(26,27)28,29-21(32)15-6-7-15)22(33)30(16)10-9-14-5-8-18(34-3)19(11-14)35-4/h5,8,11,15H,6-7,9-10,12-13H2,1-4H3,(H,29,32)/t24-/m1/s1. The molecule has 0 aromatic heterocycles. The van der Waals surface area contributed by atoms with Gasteiger partial charge < -0.3 is 19.7 Å². The van der Waals surface area contributed by atoms with E-state index < -0.39 is 46.2 Å². The zero-order valence-corrected chi connectivity index (χ0v) is 20.2. The highest BCUT2D eigenvalue weighted by atomic mass is 19.4. The molecule has 1 aromatic carbocycles. The molecule has 0 radical (unpaired) electrons. The smallest absolute Gasteiger partial charge is 0.425 e. The van der Waals surface area contributed by atoms with Gasteiger partial charge in [-0.25, -0.2) is 0 Å². The summed E-state index contributed by atoms with van der Waals surface area (Å²) in [7, 11) is 2.96. The van der Waals surface area contributed by atoms with Crippen LogP contribution >= 0.6 is 0 Å². The number of carbonyl (C=O) groups excluding carboxylic acids is 3. The molecule has 0 spiro atoms. The van der Waals surface area contributed by atoms with Crippen molar-refractivity contribution < 1.29 is 37.0 Å². The number of methoxy groups -OCH3 is 2. The number of Topliss-reactive ketones (excluding diaryl/α,β-unsaturated/α-hetero) is 1. The molecule has 1 atom stereocenters. The number of carbonyl (C=O) groups is 3. The van der Waals surface area contributed by atoms with Crippen molar-refractivity contribution in [3.05, 3.63) is 35.0 Å². The summed E-state index contributed by atoms with van der Waals surface area (Å²) in [6.07, 6.45) is -4.07. The van der Waals surface area contributed by atoms with Crippen molar-refractivity contribution in [1.82, 2.24) is 10.2 Å². The predicted octanol–water partition coefficient (Wildman–Crippen LogP) is 3.56. The van der Waals surface area contributed by atoms with Crippen LogP contribution in [0.25, 0.3) is 0 Å². The lowest BCUT2D eigenvalue weighted by molar-refractivity contribution is -0.194. The van der Waals surface area contributed by atoms with Gasteiger partial charge >= 0.3 is 6.18 Å². The second kappa shape index (κ2) is 8.57. The number of allylic oxidation sites excluding steroid dienone is 1. The van der Waals surface area contributed by atoms with Gasteiger partial charge in [-0.1, -0.05) is 19.9 Å². The van der Waals surface area contributed by atoms with E-state index in [0.29, 0.717) is 29.9 Å². The van der Waals surface area contributed by atoms with Crippen LogP contribution in [0.3, 0.4) is 0 Å². The highest BCUT2D eigenvalue weighted by Gasteiger charge is 2.71. The van der Waals surface area contributed by atoms with Crippen molar-refractivity contribution in [3.8, 4) is 11.5 Å². The first kappa shape index (κ1) is 25.1. The lowest BCUT2D eigenvalue weighted by atomic mass is 9.72. The van der Waals surface area contributed by atoms with Crippen LogP contribution in [0.4, 0.5) is 13.2 Å². The van der Waals surface area contributed by atoms with Gasteiger partial charge in [0.25, 0.3) is 5.91 Å². The molecule has 3 aliphatic rings. The predicted molar refractivity (Wildman–Crippen MR) is 120 cm³/mol. The SMILES string of the molecule is COc1ccc(CCN2C(=O)[C@@](NC(=O)C3CC3)(C(F)(F)F)C3=C2CC(C)(C)CC3=O)cc1OC. The molecule has 1 heterocycles. The van der Waals surface area contributed by atoms with Crippen molar-refractivity contribution >= 4 is 17.6 Å². The summed E-state index contributed by atoms with van der Waals surface area (Å²) >= 11 is 0. The van der Waals surface area contributed by atoms with E-state index in [1.807, 2.05) is 5.32 Å². The van der Waals surface area contributed by atoms with Crippen molar-refractivity contribution in [2.45, 2.75) is 57.7 Å². The molecule has 2 aliphatic carbocycles. The summed E-state index contributed by atoms with van der Waals surface area (Å²) in [5.41, 5.74) is -3.85. The average Bonchev–Trinajstić information content (AvgIpc) is 3.58. The second-order valence-corrected chi connectivity index (χ2v) is 10.2. The van der Waals surface area contributed by atoms with Gasteiger partial charge in [-0.15, -0.1) is 0 Å². The first-order chi connectivity index (χ1) is 16.3. The average molecular weight is 495 g/mol. The van der Waals surface area contributed by atoms with Gasteiger partial charge in [0.05, 0.1) is 19.8 Å². The summed E-state index contributed by atoms with van der Waals surface area (Å²) in [6.45, 7) is 3.47. The third-order valence-electron chi connectivity index (χ3n) is 6.88. The Morgan fingerprint density at radius 2 is 1.77 bits per heavy atom. The second-order valence-electron chi connectivity index (χ2n) is 10.2. The number of hydrogen-bond acceptors (Lipinski definition) is 5. The van der Waals surface area contributed by atoms with Gasteiger partial charge in [0, 0.05) is 24.6 Å². The van der Waals surface area contributed by atoms with Gasteiger partial charge in [-0.05, 0) is 48.8 Å². The molecule has 1 aromatic rings. The Bertz CT molecular complexity index is 1110. The Kier molecular flexibility index (Phi) is 6.13. The van der Waals surface area contributed by atoms with Crippen molar-refractivity contribution in [2.24, 2.45) is 11.3 Å². The minimum atomic E-state index is -5.18. The van der Waals surface area contributed by atoms with Crippen LogP contribution in [0.15, 0.2) is 29.5 Å². The molecule has 1 N–H and O–H groups in total. The molecule has 35 heavy (non-hydrogen) atoms. The van der Waals surface area contributed by atoms with Gasteiger partial charge in [0.2, 0.25) is 11.4 Å². The molecule has 190 valence electrons. The maximum absolute atomic E-state index is 14.7. The van der Waals surface area contributed by atoms with Crippen LogP contribution in [0, 0.1) is 11.3 Å². The maximum atomic E-state index is 14.7. The molecule has 2 amide bonds. The fourth-order valence-corrected chi connectivity index (χ4v) is 4.97. The van der Waals surface area contributed by atoms with Gasteiger partial charge in [0.1, 0.15) is 0 Å². The number of alkyl halides is 3. The van der Waals surface area contributed by atoms with E-state index in [1.54, 1.807) is 32.0 Å². The zero-order chi connectivity index (χ0) is 25.8. The highest BCUT2D eigenvalue weighted by Crippen LogP contribution is 2.52. The van der Waals surface area contributed by atoms with E-state index in [1.165, 1.54) is 14.2 Å². The number of halogens is 3. The molecule has 0 saturated heterocycles. The Balaban J connectivity index is 1.74. The zero-order valence-electron chi connectivity index (χ0n) is 20.2. The van der Waals surface area contributed by atoms with Crippen LogP contribution in [0.5, 0.6) is 11.5 Å². The number of ketones is 1. The van der Waals surface area contributed by atoms with Crippen molar-refractivity contribution in [1.29, 1.82) is 0 Å². The first-order valence-corrected chi connectivity index (χ1v) is 11.5. The molecular weight excluding hydrogens is 465 g/mol. The Morgan fingerprint density at radius 1 is 1.11 bits per heavy atom. The molecule has 1 saturated carbocycles. The molecule has 0 bridgehead atoms. The lowest BCUT2D eigenvalue weighted by Crippen LogP contribution is -2.66. The normalized spacial score (nSPS) is 23.9. The minimum Gasteiger partial charge on any atom is -0.493 e. The van der Waals surface area contributed by atoms with Crippen LogP contribution in [-0.4, -0.2) is 55.0 Å². The number of nitrogens with one attached hydrogen (secondary N) is 1. The molecule has 1 fully saturated rings. The van der Waals surface area contributed by atoms with Gasteiger partial charge in [-0.3, -0.25) is 14.4 Å². The molecule has 4 rings (SSSR count). The fourth-order valence-electron chi connectivity index (χ4n) is 4.97. The number of amides is 2. The summed E-state index contributed by atoms with van der Waals surface area (Å²) in [4.78, 5) is 40.3. The number of hydrogen-bond donors (Lipinski definition) is 1. The number of benzene rings is 1. The van der Waals surface area contributed by atoms with Gasteiger partial charge in [0.15, 0.2) is 17.3 Å². The third-order valence-corrected chi connectivity index (χ3v) is 6.88. The molecule has 1 aliphatic heterocycles. The van der Waals surface area contributed by atoms with Crippen molar-refractivity contribution in [2.75, 3.05) is 20.8 Å². The van der Waals surface area contributed by atoms with Gasteiger partial charge in [-0.2, -0.15) is 13.2 Å². The minimum absolute atomic E-state index is 0.0464. The van der Waals surface area contributed by atoms with Crippen LogP contribution < -0.4 is 14.8 Å². The van der Waals surface area contributed by atoms with E-state index in [-0.39, 0.29) is 31.5 Å². The first-order valence-electron chi connectivity index (χ1n) is 11.5. The van der Waals surface area contributed by atoms with E-state index in [0.717, 1.165) is 4.90 Å². The monoisotopic (exact) mass is 494 g/mol. The van der Waals surface area contributed by atoms with E-state index in [4.69, 9.17) is 9.47 Å². The van der Waals surface area contributed by atoms with Crippen LogP contribution in [0.2, 0.25) is 0 Å². The van der Waals surface area contributed by atoms with E-state index in [9.17, 15) is 27.6 Å². The quantitative estimate of drug-likeness (QED) is 0.627. The van der Waals surface area contributed by atoms with Crippen LogP contribution in [0.1, 0.15) is 45.1 Å². The fraction of sp³-hybridized carbons (Fsp3) is 0.560. The summed E-state index contributed by atoms with van der Waals surface area (Å²) in [5, 5.41) is 1.99. The molecule has 10 heteroatoms. The molecular formula is C25H29F3N2O5. The largest absolute Gasteiger partial charge is 0.493 e. The van der Waals surface area contributed by atoms with Crippen LogP contribution in [-0.2, 0) is 20.8 Å². The number of nitrogens with zero attached hydrogens (tertiary/aromatic N) is 1. The molecule has 0 unspecified atom stereocenters. The van der Waals surface area contributed by atoms with Crippen molar-refractivity contribution in [3.63, 3.8) is 0 Å². The highest BCUT2D eigenvalue weighted by molar-refractivity contribution is 6.13. The lowest BCUT2D eigenvalue weighted by Gasteiger charge is -2.35. The number of ether oxygens (including phenoxy) is 2. The van der Waals surface area contributed by atoms with E-state index >= 15 is 0 Å². The summed E-state index contributed by atoms with van der Waals surface area (Å²) in [6, 6.07) is 5.10.